The van der Waals surface area contributed by atoms with Gasteiger partial charge in [-0.3, -0.25) is 0 Å². The number of sulfonamides is 1. The second-order valence-electron chi connectivity index (χ2n) is 4.39. The molecule has 0 amide bonds. The molecule has 1 aromatic carbocycles. The van der Waals surface area contributed by atoms with Crippen LogP contribution >= 0.6 is 0 Å². The Morgan fingerprint density at radius 3 is 2.47 bits per heavy atom. The molecule has 0 atom stereocenters. The van der Waals surface area contributed by atoms with Gasteiger partial charge in [0.1, 0.15) is 10.6 Å². The first-order chi connectivity index (χ1) is 7.88. The van der Waals surface area contributed by atoms with Crippen LogP contribution in [0.25, 0.3) is 0 Å². The standard InChI is InChI=1S/C11H16N2O3S/c1-13(2)10-6-5-9(16-8-3-4-8)7-11(10)17(12,14)15/h5-8H,3-4H2,1-2H3,(H2,12,14,15). The SMILES string of the molecule is CN(C)c1ccc(OC2CC2)cc1S(N)(=O)=O. The maximum Gasteiger partial charge on any atom is 0.240 e. The number of primary sulfonamides is 1. The second kappa shape index (κ2) is 4.19. The molecule has 0 saturated heterocycles. The Morgan fingerprint density at radius 2 is 2.00 bits per heavy atom. The van der Waals surface area contributed by atoms with Crippen LogP contribution in [0, 0.1) is 0 Å². The Hall–Kier alpha value is -1.27. The topological polar surface area (TPSA) is 72.6 Å². The molecule has 0 radical (unpaired) electrons. The van der Waals surface area contributed by atoms with Crippen molar-refractivity contribution in [3.63, 3.8) is 0 Å². The van der Waals surface area contributed by atoms with Crippen molar-refractivity contribution in [2.45, 2.75) is 23.8 Å². The number of nitrogens with two attached hydrogens (primary N) is 1. The third-order valence-corrected chi connectivity index (χ3v) is 3.49. The highest BCUT2D eigenvalue weighted by Gasteiger charge is 2.24. The highest BCUT2D eigenvalue weighted by Crippen LogP contribution is 2.31. The van der Waals surface area contributed by atoms with Crippen LogP contribution in [-0.2, 0) is 10.0 Å². The molecule has 1 aromatic rings. The van der Waals surface area contributed by atoms with E-state index in [9.17, 15) is 8.42 Å². The number of benzene rings is 1. The van der Waals surface area contributed by atoms with Gasteiger partial charge in [-0.05, 0) is 25.0 Å². The normalized spacial score (nSPS) is 15.7. The van der Waals surface area contributed by atoms with E-state index in [2.05, 4.69) is 0 Å². The zero-order valence-corrected chi connectivity index (χ0v) is 10.7. The summed E-state index contributed by atoms with van der Waals surface area (Å²) in [6.07, 6.45) is 2.29. The summed E-state index contributed by atoms with van der Waals surface area (Å²) in [4.78, 5) is 1.81. The lowest BCUT2D eigenvalue weighted by Gasteiger charge is -2.17. The molecule has 0 unspecified atom stereocenters. The fraction of sp³-hybridized carbons (Fsp3) is 0.455. The Labute approximate surface area is 101 Å². The summed E-state index contributed by atoms with van der Waals surface area (Å²) >= 11 is 0. The average Bonchev–Trinajstić information content (AvgIpc) is 3.00. The number of anilines is 1. The fourth-order valence-electron chi connectivity index (χ4n) is 1.54. The lowest BCUT2D eigenvalue weighted by Crippen LogP contribution is -2.19. The molecule has 1 fully saturated rings. The quantitative estimate of drug-likeness (QED) is 0.870. The van der Waals surface area contributed by atoms with Crippen LogP contribution in [0.1, 0.15) is 12.8 Å². The summed E-state index contributed by atoms with van der Waals surface area (Å²) in [6, 6.07) is 4.96. The van der Waals surface area contributed by atoms with E-state index < -0.39 is 10.0 Å². The van der Waals surface area contributed by atoms with Crippen LogP contribution in [0.15, 0.2) is 23.1 Å². The summed E-state index contributed by atoms with van der Waals surface area (Å²) in [7, 11) is -0.199. The lowest BCUT2D eigenvalue weighted by atomic mass is 10.3. The van der Waals surface area contributed by atoms with Crippen molar-refractivity contribution in [3.8, 4) is 5.75 Å². The van der Waals surface area contributed by atoms with Gasteiger partial charge in [0.2, 0.25) is 10.0 Å². The van der Waals surface area contributed by atoms with Gasteiger partial charge in [-0.15, -0.1) is 0 Å². The maximum atomic E-state index is 11.5. The highest BCUT2D eigenvalue weighted by atomic mass is 32.2. The third-order valence-electron chi connectivity index (χ3n) is 2.55. The number of ether oxygens (including phenoxy) is 1. The van der Waals surface area contributed by atoms with E-state index in [1.54, 1.807) is 31.1 Å². The van der Waals surface area contributed by atoms with Crippen LogP contribution < -0.4 is 14.8 Å². The second-order valence-corrected chi connectivity index (χ2v) is 5.92. The number of hydrogen-bond acceptors (Lipinski definition) is 4. The number of hydrogen-bond donors (Lipinski definition) is 1. The van der Waals surface area contributed by atoms with E-state index in [1.807, 2.05) is 0 Å². The molecule has 0 bridgehead atoms. The Balaban J connectivity index is 2.41. The first kappa shape index (κ1) is 12.2. The molecule has 0 aliphatic heterocycles. The van der Waals surface area contributed by atoms with Gasteiger partial charge in [-0.2, -0.15) is 0 Å². The largest absolute Gasteiger partial charge is 0.490 e. The average molecular weight is 256 g/mol. The zero-order chi connectivity index (χ0) is 12.6. The van der Waals surface area contributed by atoms with Crippen molar-refractivity contribution in [2.24, 2.45) is 5.14 Å². The van der Waals surface area contributed by atoms with Crippen molar-refractivity contribution in [1.82, 2.24) is 0 Å². The molecule has 1 aliphatic carbocycles. The first-order valence-corrected chi connectivity index (χ1v) is 6.93. The molecular formula is C11H16N2O3S. The van der Waals surface area contributed by atoms with E-state index in [1.165, 1.54) is 6.07 Å². The molecular weight excluding hydrogens is 240 g/mol. The number of rotatable bonds is 4. The molecule has 2 rings (SSSR count). The van der Waals surface area contributed by atoms with Gasteiger partial charge < -0.3 is 9.64 Å². The van der Waals surface area contributed by atoms with Gasteiger partial charge in [0.25, 0.3) is 0 Å². The Bertz CT molecular complexity index is 522. The van der Waals surface area contributed by atoms with Crippen molar-refractivity contribution in [2.75, 3.05) is 19.0 Å². The van der Waals surface area contributed by atoms with Crippen LogP contribution in [0.5, 0.6) is 5.75 Å². The zero-order valence-electron chi connectivity index (χ0n) is 9.88. The summed E-state index contributed by atoms with van der Waals surface area (Å²) < 4.78 is 28.6. The van der Waals surface area contributed by atoms with Crippen molar-refractivity contribution >= 4 is 15.7 Å². The molecule has 0 aromatic heterocycles. The summed E-state index contributed by atoms with van der Waals surface area (Å²) in [5.41, 5.74) is 0.565. The Kier molecular flexibility index (Phi) is 3.01. The van der Waals surface area contributed by atoms with Gasteiger partial charge in [0.15, 0.2) is 0 Å². The maximum absolute atomic E-state index is 11.5. The van der Waals surface area contributed by atoms with Crippen molar-refractivity contribution in [1.29, 1.82) is 0 Å². The van der Waals surface area contributed by atoms with Crippen LogP contribution in [0.2, 0.25) is 0 Å². The van der Waals surface area contributed by atoms with Gasteiger partial charge in [-0.1, -0.05) is 0 Å². The molecule has 17 heavy (non-hydrogen) atoms. The molecule has 0 heterocycles. The lowest BCUT2D eigenvalue weighted by molar-refractivity contribution is 0.302. The third kappa shape index (κ3) is 2.89. The molecule has 2 N–H and O–H groups in total. The van der Waals surface area contributed by atoms with Crippen LogP contribution in [0.4, 0.5) is 5.69 Å². The van der Waals surface area contributed by atoms with Crippen molar-refractivity contribution in [3.05, 3.63) is 18.2 Å². The smallest absolute Gasteiger partial charge is 0.240 e. The highest BCUT2D eigenvalue weighted by molar-refractivity contribution is 7.89. The van der Waals surface area contributed by atoms with E-state index in [0.29, 0.717) is 11.4 Å². The van der Waals surface area contributed by atoms with E-state index in [4.69, 9.17) is 9.88 Å². The minimum absolute atomic E-state index is 0.0978. The fourth-order valence-corrected chi connectivity index (χ4v) is 2.37. The predicted octanol–water partition coefficient (Wildman–Crippen LogP) is 0.941. The van der Waals surface area contributed by atoms with E-state index in [0.717, 1.165) is 12.8 Å². The Morgan fingerprint density at radius 1 is 1.35 bits per heavy atom. The minimum Gasteiger partial charge on any atom is -0.490 e. The first-order valence-electron chi connectivity index (χ1n) is 5.39. The molecule has 1 saturated carbocycles. The summed E-state index contributed by atoms with van der Waals surface area (Å²) in [5, 5.41) is 5.20. The summed E-state index contributed by atoms with van der Waals surface area (Å²) in [5.74, 6) is 0.558. The molecule has 94 valence electrons. The monoisotopic (exact) mass is 256 g/mol. The van der Waals surface area contributed by atoms with E-state index >= 15 is 0 Å². The molecule has 1 aliphatic rings. The molecule has 5 nitrogen and oxygen atoms in total. The van der Waals surface area contributed by atoms with Gasteiger partial charge >= 0.3 is 0 Å². The number of nitrogens with zero attached hydrogens (tertiary/aromatic N) is 1. The minimum atomic E-state index is -3.74. The molecule has 6 heteroatoms. The van der Waals surface area contributed by atoms with Crippen LogP contribution in [-0.4, -0.2) is 28.6 Å². The molecule has 0 spiro atoms. The van der Waals surface area contributed by atoms with Gasteiger partial charge in [0, 0.05) is 20.2 Å². The van der Waals surface area contributed by atoms with Gasteiger partial charge in [0.05, 0.1) is 11.8 Å². The van der Waals surface area contributed by atoms with Crippen LogP contribution in [0.3, 0.4) is 0 Å². The van der Waals surface area contributed by atoms with E-state index in [-0.39, 0.29) is 11.0 Å². The van der Waals surface area contributed by atoms with Gasteiger partial charge in [-0.25, -0.2) is 13.6 Å². The predicted molar refractivity (Wildman–Crippen MR) is 65.8 cm³/mol. The van der Waals surface area contributed by atoms with Crippen molar-refractivity contribution < 1.29 is 13.2 Å². The summed E-state index contributed by atoms with van der Waals surface area (Å²) in [6.45, 7) is 0.